The molecule has 0 fully saturated rings. The van der Waals surface area contributed by atoms with Crippen molar-refractivity contribution in [3.05, 3.63) is 61.6 Å². The highest BCUT2D eigenvalue weighted by Gasteiger charge is 2.07. The van der Waals surface area contributed by atoms with Gasteiger partial charge < -0.3 is 5.11 Å². The number of nitrogens with zero attached hydrogens (tertiary/aromatic N) is 2. The summed E-state index contributed by atoms with van der Waals surface area (Å²) in [5.74, 6) is 0.145. The molecule has 0 saturated heterocycles. The second-order valence-electron chi connectivity index (χ2n) is 3.52. The van der Waals surface area contributed by atoms with E-state index >= 15 is 0 Å². The Morgan fingerprint density at radius 1 is 1.29 bits per heavy atom. The fourth-order valence-electron chi connectivity index (χ4n) is 1.59. The Kier molecular flexibility index (Phi) is 3.01. The quantitative estimate of drug-likeness (QED) is 0.815. The van der Waals surface area contributed by atoms with Crippen LogP contribution in [0.25, 0.3) is 16.5 Å². The van der Waals surface area contributed by atoms with Gasteiger partial charge in [0.1, 0.15) is 17.6 Å². The summed E-state index contributed by atoms with van der Waals surface area (Å²) in [6.45, 7) is 7.54. The molecule has 0 aliphatic heterocycles. The molecule has 0 aliphatic rings. The third kappa shape index (κ3) is 2.08. The van der Waals surface area contributed by atoms with Crippen molar-refractivity contribution in [2.24, 2.45) is 0 Å². The Labute approximate surface area is 99.5 Å². The number of aromatic hydroxyl groups is 1. The van der Waals surface area contributed by atoms with Crippen LogP contribution in [0, 0.1) is 0 Å². The third-order valence-electron chi connectivity index (χ3n) is 2.38. The molecule has 1 aromatic heterocycles. The van der Waals surface area contributed by atoms with Crippen LogP contribution in [-0.2, 0) is 0 Å². The van der Waals surface area contributed by atoms with Crippen LogP contribution in [0.3, 0.4) is 0 Å². The molecule has 1 heterocycles. The summed E-state index contributed by atoms with van der Waals surface area (Å²) in [6.07, 6.45) is 6.70. The second-order valence-corrected chi connectivity index (χ2v) is 3.52. The Bertz CT molecular complexity index is 615. The zero-order valence-electron chi connectivity index (χ0n) is 9.30. The first-order valence-corrected chi connectivity index (χ1v) is 5.15. The normalized spacial score (nSPS) is 10.8. The van der Waals surface area contributed by atoms with Crippen LogP contribution in [0.4, 0.5) is 0 Å². The van der Waals surface area contributed by atoms with Crippen LogP contribution < -0.4 is 0 Å². The maximum absolute atomic E-state index is 9.70. The van der Waals surface area contributed by atoms with Gasteiger partial charge in [0, 0.05) is 5.39 Å². The van der Waals surface area contributed by atoms with E-state index in [1.54, 1.807) is 24.3 Å². The lowest BCUT2D eigenvalue weighted by Gasteiger charge is -2.05. The number of aromatic nitrogens is 2. The lowest BCUT2D eigenvalue weighted by Crippen LogP contribution is -1.91. The van der Waals surface area contributed by atoms with E-state index in [0.717, 1.165) is 11.0 Å². The Hall–Kier alpha value is -2.42. The summed E-state index contributed by atoms with van der Waals surface area (Å²) in [4.78, 5) is 8.25. The van der Waals surface area contributed by atoms with Gasteiger partial charge in [0.2, 0.25) is 0 Å². The number of phenolic OH excluding ortho intramolecular Hbond substituents is 1. The summed E-state index contributed by atoms with van der Waals surface area (Å²) in [7, 11) is 0. The third-order valence-corrected chi connectivity index (χ3v) is 2.38. The number of fused-ring (bicyclic) bond motifs is 1. The molecule has 0 aliphatic carbocycles. The van der Waals surface area contributed by atoms with Crippen molar-refractivity contribution in [1.29, 1.82) is 0 Å². The first-order chi connectivity index (χ1) is 8.24. The fourth-order valence-corrected chi connectivity index (χ4v) is 1.59. The van der Waals surface area contributed by atoms with Gasteiger partial charge in [-0.05, 0) is 11.6 Å². The topological polar surface area (TPSA) is 46.0 Å². The number of phenols is 1. The van der Waals surface area contributed by atoms with Crippen LogP contribution >= 0.6 is 0 Å². The summed E-state index contributed by atoms with van der Waals surface area (Å²) in [5, 5.41) is 10.5. The van der Waals surface area contributed by atoms with E-state index in [2.05, 4.69) is 23.1 Å². The molecule has 2 rings (SSSR count). The fraction of sp³-hybridized carbons (Fsp3) is 0. The van der Waals surface area contributed by atoms with Crippen LogP contribution in [0.1, 0.15) is 5.69 Å². The Morgan fingerprint density at radius 3 is 2.88 bits per heavy atom. The minimum atomic E-state index is 0.145. The molecule has 3 nitrogen and oxygen atoms in total. The lowest BCUT2D eigenvalue weighted by molar-refractivity contribution is 0.480. The summed E-state index contributed by atoms with van der Waals surface area (Å²) in [5.41, 5.74) is 2.00. The molecule has 0 spiro atoms. The van der Waals surface area contributed by atoms with Gasteiger partial charge >= 0.3 is 0 Å². The van der Waals surface area contributed by atoms with Crippen molar-refractivity contribution in [3.63, 3.8) is 0 Å². The second kappa shape index (κ2) is 4.61. The van der Waals surface area contributed by atoms with E-state index in [9.17, 15) is 5.11 Å². The highest BCUT2D eigenvalue weighted by Crippen LogP contribution is 2.26. The number of allylic oxidation sites excluding steroid dienone is 4. The molecule has 17 heavy (non-hydrogen) atoms. The van der Waals surface area contributed by atoms with Crippen molar-refractivity contribution < 1.29 is 5.11 Å². The average molecular weight is 224 g/mol. The van der Waals surface area contributed by atoms with E-state index in [4.69, 9.17) is 0 Å². The Morgan fingerprint density at radius 2 is 2.12 bits per heavy atom. The van der Waals surface area contributed by atoms with Crippen LogP contribution in [-0.4, -0.2) is 15.1 Å². The van der Waals surface area contributed by atoms with Crippen molar-refractivity contribution in [1.82, 2.24) is 9.97 Å². The molecular weight excluding hydrogens is 212 g/mol. The van der Waals surface area contributed by atoms with E-state index in [0.29, 0.717) is 11.2 Å². The van der Waals surface area contributed by atoms with Crippen LogP contribution in [0.2, 0.25) is 0 Å². The highest BCUT2D eigenvalue weighted by molar-refractivity contribution is 5.94. The summed E-state index contributed by atoms with van der Waals surface area (Å²) < 4.78 is 0. The van der Waals surface area contributed by atoms with Gasteiger partial charge in [-0.1, -0.05) is 43.5 Å². The van der Waals surface area contributed by atoms with Crippen LogP contribution in [0.15, 0.2) is 55.9 Å². The van der Waals surface area contributed by atoms with Crippen LogP contribution in [0.5, 0.6) is 5.75 Å². The molecule has 0 saturated carbocycles. The van der Waals surface area contributed by atoms with Gasteiger partial charge in [0.05, 0.1) is 5.69 Å². The predicted octanol–water partition coefficient (Wildman–Crippen LogP) is 3.09. The number of para-hydroxylation sites is 1. The molecule has 0 bridgehead atoms. The van der Waals surface area contributed by atoms with Gasteiger partial charge in [-0.15, -0.1) is 0 Å². The molecule has 0 unspecified atom stereocenters. The molecule has 1 N–H and O–H groups in total. The van der Waals surface area contributed by atoms with Crippen molar-refractivity contribution in [3.8, 4) is 5.75 Å². The monoisotopic (exact) mass is 224 g/mol. The first-order valence-electron chi connectivity index (χ1n) is 5.15. The van der Waals surface area contributed by atoms with Gasteiger partial charge in [-0.2, -0.15) is 0 Å². The van der Waals surface area contributed by atoms with Crippen molar-refractivity contribution in [2.75, 3.05) is 0 Å². The zero-order valence-corrected chi connectivity index (χ0v) is 9.30. The SMILES string of the molecule is C=C/C=C\C(=C)c1ncnc2c(O)cccc12. The van der Waals surface area contributed by atoms with Crippen molar-refractivity contribution >= 4 is 16.5 Å². The van der Waals surface area contributed by atoms with Gasteiger partial charge in [-0.25, -0.2) is 9.97 Å². The molecule has 2 aromatic rings. The number of benzene rings is 1. The molecular formula is C14H12N2O. The van der Waals surface area contributed by atoms with E-state index in [1.807, 2.05) is 12.1 Å². The van der Waals surface area contributed by atoms with Crippen molar-refractivity contribution in [2.45, 2.75) is 0 Å². The maximum atomic E-state index is 9.70. The van der Waals surface area contributed by atoms with E-state index < -0.39 is 0 Å². The molecule has 84 valence electrons. The molecule has 3 heteroatoms. The van der Waals surface area contributed by atoms with Gasteiger partial charge in [-0.3, -0.25) is 0 Å². The van der Waals surface area contributed by atoms with Gasteiger partial charge in [0.15, 0.2) is 0 Å². The first kappa shape index (κ1) is 11.1. The summed E-state index contributed by atoms with van der Waals surface area (Å²) >= 11 is 0. The molecule has 0 amide bonds. The molecule has 0 radical (unpaired) electrons. The molecule has 1 aromatic carbocycles. The zero-order chi connectivity index (χ0) is 12.3. The van der Waals surface area contributed by atoms with E-state index in [1.165, 1.54) is 6.33 Å². The predicted molar refractivity (Wildman–Crippen MR) is 69.6 cm³/mol. The number of hydrogen-bond donors (Lipinski definition) is 1. The minimum Gasteiger partial charge on any atom is -0.506 e. The molecule has 0 atom stereocenters. The lowest BCUT2D eigenvalue weighted by atomic mass is 10.1. The smallest absolute Gasteiger partial charge is 0.141 e. The minimum absolute atomic E-state index is 0.145. The van der Waals surface area contributed by atoms with E-state index in [-0.39, 0.29) is 5.75 Å². The number of hydrogen-bond acceptors (Lipinski definition) is 3. The highest BCUT2D eigenvalue weighted by atomic mass is 16.3. The van der Waals surface area contributed by atoms with Gasteiger partial charge in [0.25, 0.3) is 0 Å². The summed E-state index contributed by atoms with van der Waals surface area (Å²) in [6, 6.07) is 5.22. The largest absolute Gasteiger partial charge is 0.506 e. The maximum Gasteiger partial charge on any atom is 0.141 e. The number of rotatable bonds is 3. The Balaban J connectivity index is 2.62. The standard InChI is InChI=1S/C14H12N2O/c1-3-4-6-10(2)13-11-7-5-8-12(17)14(11)16-9-15-13/h3-9,17H,1-2H2/b6-4-. The average Bonchev–Trinajstić information content (AvgIpc) is 2.36.